The predicted molar refractivity (Wildman–Crippen MR) is 93.5 cm³/mol. The molecule has 3 aromatic rings. The molecule has 23 heavy (non-hydrogen) atoms. The van der Waals surface area contributed by atoms with Gasteiger partial charge >= 0.3 is 0 Å². The van der Waals surface area contributed by atoms with Gasteiger partial charge in [0.1, 0.15) is 4.21 Å². The van der Waals surface area contributed by atoms with E-state index in [-0.39, 0.29) is 10.8 Å². The second-order valence-electron chi connectivity index (χ2n) is 4.63. The molecule has 0 saturated carbocycles. The molecule has 0 aliphatic heterocycles. The maximum absolute atomic E-state index is 12.3. The van der Waals surface area contributed by atoms with Crippen LogP contribution >= 0.6 is 27.3 Å². The highest BCUT2D eigenvalue weighted by atomic mass is 79.9. The van der Waals surface area contributed by atoms with Gasteiger partial charge in [0, 0.05) is 30.7 Å². The second-order valence-corrected chi connectivity index (χ2v) is 9.09. The van der Waals surface area contributed by atoms with Crippen LogP contribution in [0.2, 0.25) is 0 Å². The van der Waals surface area contributed by atoms with E-state index in [0.29, 0.717) is 0 Å². The molecule has 0 aliphatic rings. The van der Waals surface area contributed by atoms with Gasteiger partial charge in [0.05, 0.1) is 9.48 Å². The number of pyridine rings is 2. The molecule has 0 aromatic carbocycles. The van der Waals surface area contributed by atoms with E-state index in [1.54, 1.807) is 36.8 Å². The van der Waals surface area contributed by atoms with E-state index in [0.717, 1.165) is 20.6 Å². The van der Waals surface area contributed by atoms with Gasteiger partial charge in [-0.15, -0.1) is 11.3 Å². The minimum absolute atomic E-state index is 0.170. The van der Waals surface area contributed by atoms with Crippen LogP contribution in [0, 0.1) is 0 Å². The summed E-state index contributed by atoms with van der Waals surface area (Å²) in [6, 6.07) is 10.6. The van der Waals surface area contributed by atoms with Crippen LogP contribution in [0.3, 0.4) is 0 Å². The molecule has 5 nitrogen and oxygen atoms in total. The molecule has 0 atom stereocenters. The number of nitrogens with zero attached hydrogens (tertiary/aromatic N) is 2. The third kappa shape index (κ3) is 3.84. The van der Waals surface area contributed by atoms with Crippen LogP contribution in [0.1, 0.15) is 5.56 Å². The SMILES string of the molecule is O=S(=O)(NCc1cccnc1-c1ccncc1)c1ccc(Br)s1. The van der Waals surface area contributed by atoms with Crippen LogP contribution < -0.4 is 4.72 Å². The normalized spacial score (nSPS) is 11.5. The third-order valence-electron chi connectivity index (χ3n) is 3.11. The quantitative estimate of drug-likeness (QED) is 0.700. The Labute approximate surface area is 146 Å². The average Bonchev–Trinajstić information content (AvgIpc) is 3.02. The van der Waals surface area contributed by atoms with Crippen molar-refractivity contribution < 1.29 is 8.42 Å². The van der Waals surface area contributed by atoms with E-state index >= 15 is 0 Å². The first-order chi connectivity index (χ1) is 11.1. The summed E-state index contributed by atoms with van der Waals surface area (Å²) >= 11 is 4.45. The Morgan fingerprint density at radius 1 is 1.09 bits per heavy atom. The van der Waals surface area contributed by atoms with Crippen LogP contribution in [-0.4, -0.2) is 18.4 Å². The molecule has 0 amide bonds. The largest absolute Gasteiger partial charge is 0.265 e. The Hall–Kier alpha value is -1.61. The van der Waals surface area contributed by atoms with Crippen molar-refractivity contribution in [1.82, 2.24) is 14.7 Å². The van der Waals surface area contributed by atoms with Gasteiger partial charge < -0.3 is 0 Å². The van der Waals surface area contributed by atoms with Crippen LogP contribution in [0.25, 0.3) is 11.3 Å². The highest BCUT2D eigenvalue weighted by molar-refractivity contribution is 9.11. The number of halogens is 1. The van der Waals surface area contributed by atoms with Crippen molar-refractivity contribution in [2.45, 2.75) is 10.8 Å². The number of thiophene rings is 1. The van der Waals surface area contributed by atoms with Crippen LogP contribution in [0.4, 0.5) is 0 Å². The summed E-state index contributed by atoms with van der Waals surface area (Å²) in [5.41, 5.74) is 2.44. The first kappa shape index (κ1) is 16.3. The minimum atomic E-state index is -3.54. The number of aromatic nitrogens is 2. The molecule has 0 spiro atoms. The molecule has 0 fully saturated rings. The van der Waals surface area contributed by atoms with E-state index in [9.17, 15) is 8.42 Å². The Balaban J connectivity index is 1.84. The highest BCUT2D eigenvalue weighted by Gasteiger charge is 2.17. The Kier molecular flexibility index (Phi) is 4.86. The molecule has 0 unspecified atom stereocenters. The Morgan fingerprint density at radius 3 is 2.57 bits per heavy atom. The fourth-order valence-electron chi connectivity index (χ4n) is 2.04. The lowest BCUT2D eigenvalue weighted by atomic mass is 10.1. The van der Waals surface area contributed by atoms with Crippen molar-refractivity contribution in [2.24, 2.45) is 0 Å². The van der Waals surface area contributed by atoms with Crippen molar-refractivity contribution in [3.05, 3.63) is 64.3 Å². The van der Waals surface area contributed by atoms with Crippen molar-refractivity contribution in [1.29, 1.82) is 0 Å². The van der Waals surface area contributed by atoms with Crippen LogP contribution in [0.5, 0.6) is 0 Å². The van der Waals surface area contributed by atoms with Gasteiger partial charge in [0.15, 0.2) is 0 Å². The second kappa shape index (κ2) is 6.88. The molecule has 3 aromatic heterocycles. The van der Waals surface area contributed by atoms with Gasteiger partial charge in [-0.2, -0.15) is 0 Å². The molecule has 3 rings (SSSR count). The monoisotopic (exact) mass is 409 g/mol. The van der Waals surface area contributed by atoms with E-state index in [1.807, 2.05) is 18.2 Å². The molecule has 0 aliphatic carbocycles. The standard InChI is InChI=1S/C15H12BrN3O2S2/c16-13-3-4-14(22-13)23(20,21)19-10-12-2-1-7-18-15(12)11-5-8-17-9-6-11/h1-9,19H,10H2. The summed E-state index contributed by atoms with van der Waals surface area (Å²) in [5.74, 6) is 0. The lowest BCUT2D eigenvalue weighted by Crippen LogP contribution is -2.22. The molecule has 1 N–H and O–H groups in total. The highest BCUT2D eigenvalue weighted by Crippen LogP contribution is 2.26. The first-order valence-corrected chi connectivity index (χ1v) is 9.75. The molecule has 118 valence electrons. The van der Waals surface area contributed by atoms with Gasteiger partial charge in [-0.1, -0.05) is 6.07 Å². The average molecular weight is 410 g/mol. The van der Waals surface area contributed by atoms with E-state index in [2.05, 4.69) is 30.6 Å². The molecule has 0 saturated heterocycles. The van der Waals surface area contributed by atoms with Gasteiger partial charge in [-0.3, -0.25) is 9.97 Å². The number of nitrogens with one attached hydrogen (secondary N) is 1. The number of hydrogen-bond acceptors (Lipinski definition) is 5. The van der Waals surface area contributed by atoms with Gasteiger partial charge in [-0.25, -0.2) is 13.1 Å². The summed E-state index contributed by atoms with van der Waals surface area (Å²) in [6.45, 7) is 0.170. The summed E-state index contributed by atoms with van der Waals surface area (Å²) in [7, 11) is -3.54. The predicted octanol–water partition coefficient (Wildman–Crippen LogP) is 3.45. The van der Waals surface area contributed by atoms with Crippen molar-refractivity contribution in [3.8, 4) is 11.3 Å². The summed E-state index contributed by atoms with van der Waals surface area (Å²) in [5, 5.41) is 0. The lowest BCUT2D eigenvalue weighted by molar-refractivity contribution is 0.583. The fourth-order valence-corrected chi connectivity index (χ4v) is 5.10. The van der Waals surface area contributed by atoms with Crippen molar-refractivity contribution in [2.75, 3.05) is 0 Å². The minimum Gasteiger partial charge on any atom is -0.265 e. The summed E-state index contributed by atoms with van der Waals surface area (Å²) < 4.78 is 28.3. The van der Waals surface area contributed by atoms with E-state index in [1.165, 1.54) is 11.3 Å². The maximum Gasteiger partial charge on any atom is 0.250 e. The number of sulfonamides is 1. The summed E-state index contributed by atoms with van der Waals surface area (Å²) in [6.07, 6.45) is 5.05. The smallest absolute Gasteiger partial charge is 0.250 e. The molecule has 0 radical (unpaired) electrons. The molecule has 8 heteroatoms. The zero-order valence-electron chi connectivity index (χ0n) is 11.8. The van der Waals surface area contributed by atoms with Gasteiger partial charge in [0.2, 0.25) is 10.0 Å². The Bertz CT molecular complexity index is 911. The number of hydrogen-bond donors (Lipinski definition) is 1. The number of rotatable bonds is 5. The zero-order valence-corrected chi connectivity index (χ0v) is 15.0. The molecule has 0 bridgehead atoms. The molecule has 3 heterocycles. The van der Waals surface area contributed by atoms with E-state index in [4.69, 9.17) is 0 Å². The van der Waals surface area contributed by atoms with Crippen molar-refractivity contribution >= 4 is 37.3 Å². The maximum atomic E-state index is 12.3. The summed E-state index contributed by atoms with van der Waals surface area (Å²) in [4.78, 5) is 8.34. The van der Waals surface area contributed by atoms with Crippen LogP contribution in [0.15, 0.2) is 63.0 Å². The van der Waals surface area contributed by atoms with E-state index < -0.39 is 10.0 Å². The van der Waals surface area contributed by atoms with Gasteiger partial charge in [0.25, 0.3) is 0 Å². The molecular formula is C15H12BrN3O2S2. The third-order valence-corrected chi connectivity index (χ3v) is 6.63. The fraction of sp³-hybridized carbons (Fsp3) is 0.0667. The van der Waals surface area contributed by atoms with Crippen LogP contribution in [-0.2, 0) is 16.6 Å². The first-order valence-electron chi connectivity index (χ1n) is 6.65. The van der Waals surface area contributed by atoms with Gasteiger partial charge in [-0.05, 0) is 51.8 Å². The molecular weight excluding hydrogens is 398 g/mol. The topological polar surface area (TPSA) is 72.0 Å². The Morgan fingerprint density at radius 2 is 1.87 bits per heavy atom. The lowest BCUT2D eigenvalue weighted by Gasteiger charge is -2.09. The van der Waals surface area contributed by atoms with Crippen molar-refractivity contribution in [3.63, 3.8) is 0 Å². The zero-order chi connectivity index (χ0) is 16.3.